The molecule has 0 saturated carbocycles. The van der Waals surface area contributed by atoms with E-state index in [4.69, 9.17) is 4.74 Å². The first kappa shape index (κ1) is 20.8. The highest BCUT2D eigenvalue weighted by Crippen LogP contribution is 2.23. The fourth-order valence-corrected chi connectivity index (χ4v) is 3.57. The molecule has 0 unspecified atom stereocenters. The van der Waals surface area contributed by atoms with Gasteiger partial charge < -0.3 is 4.74 Å². The van der Waals surface area contributed by atoms with Crippen LogP contribution in [0.5, 0.6) is 5.75 Å². The second kappa shape index (κ2) is 10.0. The second-order valence-corrected chi connectivity index (χ2v) is 7.97. The molecule has 0 fully saturated rings. The van der Waals surface area contributed by atoms with Crippen molar-refractivity contribution in [2.75, 3.05) is 6.61 Å². The molecule has 4 aromatic carbocycles. The molecule has 154 valence electrons. The fourth-order valence-electron chi connectivity index (χ4n) is 3.57. The molecule has 1 heteroatoms. The summed E-state index contributed by atoms with van der Waals surface area (Å²) in [6, 6.07) is 29.7. The molecule has 0 saturated heterocycles. The molecule has 0 aromatic heterocycles. The number of ether oxygens (including phenoxy) is 1. The Labute approximate surface area is 185 Å². The van der Waals surface area contributed by atoms with E-state index in [2.05, 4.69) is 111 Å². The highest BCUT2D eigenvalue weighted by Gasteiger charge is 2.00. The minimum Gasteiger partial charge on any atom is -0.494 e. The van der Waals surface area contributed by atoms with Crippen molar-refractivity contribution in [1.29, 1.82) is 0 Å². The molecule has 0 atom stereocenters. The van der Waals surface area contributed by atoms with Crippen LogP contribution in [0.2, 0.25) is 0 Å². The van der Waals surface area contributed by atoms with Crippen molar-refractivity contribution in [3.8, 4) is 28.7 Å². The van der Waals surface area contributed by atoms with Crippen molar-refractivity contribution in [3.63, 3.8) is 0 Å². The van der Waals surface area contributed by atoms with Crippen LogP contribution in [0.25, 0.3) is 21.9 Å². The predicted octanol–water partition coefficient (Wildman–Crippen LogP) is 7.78. The third-order valence-corrected chi connectivity index (χ3v) is 5.45. The van der Waals surface area contributed by atoms with Gasteiger partial charge in [0, 0.05) is 11.1 Å². The maximum Gasteiger partial charge on any atom is 0.119 e. The summed E-state index contributed by atoms with van der Waals surface area (Å²) >= 11 is 0. The van der Waals surface area contributed by atoms with Crippen LogP contribution in [-0.2, 0) is 0 Å². The Morgan fingerprint density at radius 2 is 1.26 bits per heavy atom. The average Bonchev–Trinajstić information content (AvgIpc) is 2.81. The molecule has 4 aromatic rings. The summed E-state index contributed by atoms with van der Waals surface area (Å²) in [7, 11) is 0. The molecule has 0 heterocycles. The van der Waals surface area contributed by atoms with Crippen molar-refractivity contribution in [3.05, 3.63) is 102 Å². The van der Waals surface area contributed by atoms with Gasteiger partial charge in [-0.15, -0.1) is 0 Å². The lowest BCUT2D eigenvalue weighted by atomic mass is 10.0. The van der Waals surface area contributed by atoms with Crippen LogP contribution in [0, 0.1) is 18.8 Å². The summed E-state index contributed by atoms with van der Waals surface area (Å²) < 4.78 is 5.87. The van der Waals surface area contributed by atoms with Crippen LogP contribution < -0.4 is 4.74 Å². The highest BCUT2D eigenvalue weighted by atomic mass is 16.5. The maximum absolute atomic E-state index is 5.87. The highest BCUT2D eigenvalue weighted by molar-refractivity contribution is 5.85. The topological polar surface area (TPSA) is 9.23 Å². The van der Waals surface area contributed by atoms with Gasteiger partial charge in [-0.05, 0) is 71.6 Å². The third kappa shape index (κ3) is 5.56. The summed E-state index contributed by atoms with van der Waals surface area (Å²) in [5.41, 5.74) is 5.76. The van der Waals surface area contributed by atoms with Crippen LogP contribution in [-0.4, -0.2) is 6.61 Å². The minimum atomic E-state index is 0.783. The van der Waals surface area contributed by atoms with E-state index in [-0.39, 0.29) is 0 Å². The molecule has 0 amide bonds. The number of aryl methyl sites for hydroxylation is 1. The fraction of sp³-hybridized carbons (Fsp3) is 0.200. The lowest BCUT2D eigenvalue weighted by molar-refractivity contribution is 0.306. The summed E-state index contributed by atoms with van der Waals surface area (Å²) in [4.78, 5) is 0. The smallest absolute Gasteiger partial charge is 0.119 e. The average molecular weight is 405 g/mol. The van der Waals surface area contributed by atoms with Gasteiger partial charge in [-0.3, -0.25) is 0 Å². The molecule has 0 aliphatic carbocycles. The molecule has 4 rings (SSSR count). The lowest BCUT2D eigenvalue weighted by Gasteiger charge is -2.07. The minimum absolute atomic E-state index is 0.783. The molecule has 0 bridgehead atoms. The Balaban J connectivity index is 1.45. The maximum atomic E-state index is 5.87. The van der Waals surface area contributed by atoms with Gasteiger partial charge in [-0.25, -0.2) is 0 Å². The number of rotatable bonds is 6. The first-order valence-electron chi connectivity index (χ1n) is 11.1. The molecule has 0 aliphatic heterocycles. The summed E-state index contributed by atoms with van der Waals surface area (Å²) in [5, 5.41) is 2.36. The zero-order valence-corrected chi connectivity index (χ0v) is 18.3. The second-order valence-electron chi connectivity index (χ2n) is 7.97. The summed E-state index contributed by atoms with van der Waals surface area (Å²) in [6.07, 6.45) is 3.53. The molecule has 31 heavy (non-hydrogen) atoms. The van der Waals surface area contributed by atoms with Gasteiger partial charge in [0.1, 0.15) is 5.75 Å². The molecule has 1 nitrogen and oxygen atoms in total. The Morgan fingerprint density at radius 1 is 0.645 bits per heavy atom. The van der Waals surface area contributed by atoms with Crippen molar-refractivity contribution >= 4 is 10.8 Å². The van der Waals surface area contributed by atoms with Crippen LogP contribution in [0.3, 0.4) is 0 Å². The zero-order chi connectivity index (χ0) is 21.5. The van der Waals surface area contributed by atoms with Crippen LogP contribution >= 0.6 is 0 Å². The molecular weight excluding hydrogens is 376 g/mol. The van der Waals surface area contributed by atoms with Crippen LogP contribution in [0.1, 0.15) is 42.9 Å². The summed E-state index contributed by atoms with van der Waals surface area (Å²) in [6.45, 7) is 5.10. The molecule has 0 spiro atoms. The number of unbranched alkanes of at least 4 members (excludes halogenated alkanes) is 2. The molecule has 0 aliphatic rings. The van der Waals surface area contributed by atoms with E-state index >= 15 is 0 Å². The third-order valence-electron chi connectivity index (χ3n) is 5.45. The number of hydrogen-bond acceptors (Lipinski definition) is 1. The van der Waals surface area contributed by atoms with Crippen molar-refractivity contribution < 1.29 is 4.74 Å². The largest absolute Gasteiger partial charge is 0.494 e. The molecule has 0 radical (unpaired) electrons. The van der Waals surface area contributed by atoms with Crippen molar-refractivity contribution in [2.24, 2.45) is 0 Å². The quantitative estimate of drug-likeness (QED) is 0.235. The Morgan fingerprint density at radius 3 is 2.00 bits per heavy atom. The van der Waals surface area contributed by atoms with E-state index in [1.165, 1.54) is 40.3 Å². The van der Waals surface area contributed by atoms with Gasteiger partial charge in [-0.2, -0.15) is 0 Å². The van der Waals surface area contributed by atoms with Crippen LogP contribution in [0.15, 0.2) is 84.9 Å². The standard InChI is InChI=1S/C30H28O/c1-3-4-5-20-31-30-19-18-28-21-25(12-17-29(28)22-30)9-8-24-10-15-27(16-11-24)26-13-6-23(2)7-14-26/h6-7,10-19,21-22H,3-5,20H2,1-2H3. The van der Waals surface area contributed by atoms with E-state index in [1.54, 1.807) is 0 Å². The zero-order valence-electron chi connectivity index (χ0n) is 18.3. The van der Waals surface area contributed by atoms with Gasteiger partial charge in [0.2, 0.25) is 0 Å². The van der Waals surface area contributed by atoms with E-state index < -0.39 is 0 Å². The first-order chi connectivity index (χ1) is 15.2. The number of hydrogen-bond donors (Lipinski definition) is 0. The van der Waals surface area contributed by atoms with E-state index in [1.807, 2.05) is 0 Å². The summed E-state index contributed by atoms with van der Waals surface area (Å²) in [5.74, 6) is 7.53. The Hall–Kier alpha value is -3.50. The number of benzene rings is 4. The predicted molar refractivity (Wildman–Crippen MR) is 132 cm³/mol. The van der Waals surface area contributed by atoms with Gasteiger partial charge >= 0.3 is 0 Å². The van der Waals surface area contributed by atoms with Crippen molar-refractivity contribution in [2.45, 2.75) is 33.1 Å². The lowest BCUT2D eigenvalue weighted by Crippen LogP contribution is -1.96. The normalized spacial score (nSPS) is 10.5. The van der Waals surface area contributed by atoms with Crippen LogP contribution in [0.4, 0.5) is 0 Å². The Kier molecular flexibility index (Phi) is 6.70. The van der Waals surface area contributed by atoms with E-state index in [0.29, 0.717) is 0 Å². The monoisotopic (exact) mass is 404 g/mol. The van der Waals surface area contributed by atoms with Gasteiger partial charge in [0.25, 0.3) is 0 Å². The van der Waals surface area contributed by atoms with Gasteiger partial charge in [-0.1, -0.05) is 85.7 Å². The Bertz CT molecular complexity index is 1210. The SMILES string of the molecule is CCCCCOc1ccc2cc(C#Cc3ccc(-c4ccc(C)cc4)cc3)ccc2c1. The van der Waals surface area contributed by atoms with E-state index in [0.717, 1.165) is 29.9 Å². The van der Waals surface area contributed by atoms with Gasteiger partial charge in [0.15, 0.2) is 0 Å². The van der Waals surface area contributed by atoms with E-state index in [9.17, 15) is 0 Å². The van der Waals surface area contributed by atoms with Crippen molar-refractivity contribution in [1.82, 2.24) is 0 Å². The van der Waals surface area contributed by atoms with Gasteiger partial charge in [0.05, 0.1) is 6.61 Å². The first-order valence-corrected chi connectivity index (χ1v) is 11.1. The number of fused-ring (bicyclic) bond motifs is 1. The molecular formula is C30H28O. The molecule has 0 N–H and O–H groups in total.